The molecule has 0 aliphatic carbocycles. The van der Waals surface area contributed by atoms with E-state index < -0.39 is 5.97 Å². The van der Waals surface area contributed by atoms with Gasteiger partial charge in [0.2, 0.25) is 11.8 Å². The number of ether oxygens (including phenoxy) is 1. The average Bonchev–Trinajstić information content (AvgIpc) is 3.19. The molecule has 13 heteroatoms. The first-order valence-corrected chi connectivity index (χ1v) is 10.9. The number of nitrogens with zero attached hydrogens (tertiary/aromatic N) is 3. The van der Waals surface area contributed by atoms with Crippen LogP contribution in [0.5, 0.6) is 0 Å². The number of aromatic nitrogens is 4. The standard InChI is InChI=1S/C18H18N6O5S2/c1-2-28-16(27)10-3-5-11(6-4-10)20-14(26)8-31-18-24-23-15(29-18)9-30-17-21-12(19)7-13(25)22-17/h3-7H,2,8-9H2,1H3,(H,20,26)(H3,19,21,22,25). The number of rotatable bonds is 9. The van der Waals surface area contributed by atoms with E-state index in [1.165, 1.54) is 17.8 Å². The molecular formula is C18H18N6O5S2. The van der Waals surface area contributed by atoms with Crippen LogP contribution in [-0.2, 0) is 15.3 Å². The highest BCUT2D eigenvalue weighted by Gasteiger charge is 2.12. The molecule has 4 N–H and O–H groups in total. The fourth-order valence-corrected chi connectivity index (χ4v) is 3.54. The van der Waals surface area contributed by atoms with Crippen molar-refractivity contribution in [3.05, 3.63) is 52.1 Å². The Hall–Kier alpha value is -3.32. The van der Waals surface area contributed by atoms with Crippen molar-refractivity contribution in [1.29, 1.82) is 0 Å². The molecule has 0 atom stereocenters. The molecule has 31 heavy (non-hydrogen) atoms. The summed E-state index contributed by atoms with van der Waals surface area (Å²) in [6.07, 6.45) is 0. The summed E-state index contributed by atoms with van der Waals surface area (Å²) in [6, 6.07) is 7.57. The normalized spacial score (nSPS) is 10.6. The van der Waals surface area contributed by atoms with Crippen molar-refractivity contribution in [2.75, 3.05) is 23.4 Å². The number of nitrogen functional groups attached to an aromatic ring is 1. The van der Waals surface area contributed by atoms with Crippen LogP contribution in [0.4, 0.5) is 11.5 Å². The topological polar surface area (TPSA) is 166 Å². The maximum absolute atomic E-state index is 12.1. The molecule has 0 aliphatic rings. The number of carbonyl (C=O) groups is 2. The van der Waals surface area contributed by atoms with E-state index in [-0.39, 0.29) is 34.0 Å². The average molecular weight is 463 g/mol. The van der Waals surface area contributed by atoms with E-state index in [2.05, 4.69) is 25.5 Å². The fraction of sp³-hybridized carbons (Fsp3) is 0.222. The number of carbonyl (C=O) groups excluding carboxylic acids is 2. The minimum atomic E-state index is -0.417. The van der Waals surface area contributed by atoms with Crippen LogP contribution < -0.4 is 16.6 Å². The molecule has 11 nitrogen and oxygen atoms in total. The minimum Gasteiger partial charge on any atom is -0.462 e. The molecule has 0 bridgehead atoms. The zero-order chi connectivity index (χ0) is 22.2. The summed E-state index contributed by atoms with van der Waals surface area (Å²) in [4.78, 5) is 41.7. The van der Waals surface area contributed by atoms with Gasteiger partial charge in [0.1, 0.15) is 5.82 Å². The second kappa shape index (κ2) is 10.6. The summed E-state index contributed by atoms with van der Waals surface area (Å²) in [5.41, 5.74) is 6.13. The number of nitrogens with two attached hydrogens (primary N) is 1. The lowest BCUT2D eigenvalue weighted by Crippen LogP contribution is -2.14. The van der Waals surface area contributed by atoms with E-state index in [9.17, 15) is 14.4 Å². The Bertz CT molecular complexity index is 1120. The number of H-pyrrole nitrogens is 1. The maximum atomic E-state index is 12.1. The highest BCUT2D eigenvalue weighted by atomic mass is 32.2. The monoisotopic (exact) mass is 462 g/mol. The number of benzene rings is 1. The lowest BCUT2D eigenvalue weighted by atomic mass is 10.2. The first-order valence-electron chi connectivity index (χ1n) is 8.95. The van der Waals surface area contributed by atoms with Gasteiger partial charge in [0.05, 0.1) is 23.7 Å². The molecule has 3 rings (SSSR count). The number of aromatic amines is 1. The summed E-state index contributed by atoms with van der Waals surface area (Å²) in [6.45, 7) is 2.02. The van der Waals surface area contributed by atoms with Gasteiger partial charge in [0, 0.05) is 11.8 Å². The van der Waals surface area contributed by atoms with Crippen molar-refractivity contribution in [2.24, 2.45) is 0 Å². The second-order valence-electron chi connectivity index (χ2n) is 5.86. The summed E-state index contributed by atoms with van der Waals surface area (Å²) in [7, 11) is 0. The van der Waals surface area contributed by atoms with Crippen LogP contribution in [0.3, 0.4) is 0 Å². The largest absolute Gasteiger partial charge is 0.462 e. The predicted octanol–water partition coefficient (Wildman–Crippen LogP) is 1.93. The maximum Gasteiger partial charge on any atom is 0.338 e. The van der Waals surface area contributed by atoms with Crippen molar-refractivity contribution >= 4 is 46.9 Å². The molecular weight excluding hydrogens is 444 g/mol. The highest BCUT2D eigenvalue weighted by molar-refractivity contribution is 7.99. The Labute approximate surface area is 184 Å². The van der Waals surface area contributed by atoms with Gasteiger partial charge < -0.3 is 25.2 Å². The van der Waals surface area contributed by atoms with Gasteiger partial charge in [-0.1, -0.05) is 23.5 Å². The lowest BCUT2D eigenvalue weighted by molar-refractivity contribution is -0.113. The van der Waals surface area contributed by atoms with Crippen LogP contribution in [-0.4, -0.2) is 44.4 Å². The molecule has 1 amide bonds. The SMILES string of the molecule is CCOC(=O)c1ccc(NC(=O)CSc2nnc(CSc3nc(N)cc(=O)[nH]3)o2)cc1. The number of hydrogen-bond acceptors (Lipinski definition) is 11. The van der Waals surface area contributed by atoms with E-state index in [0.29, 0.717) is 28.9 Å². The quantitative estimate of drug-likeness (QED) is 0.241. The first kappa shape index (κ1) is 22.4. The molecule has 162 valence electrons. The zero-order valence-electron chi connectivity index (χ0n) is 16.3. The van der Waals surface area contributed by atoms with Crippen LogP contribution in [0.2, 0.25) is 0 Å². The van der Waals surface area contributed by atoms with Crippen LogP contribution >= 0.6 is 23.5 Å². The molecule has 2 heterocycles. The third-order valence-corrected chi connectivity index (χ3v) is 5.20. The summed E-state index contributed by atoms with van der Waals surface area (Å²) in [5, 5.41) is 11.1. The molecule has 1 aromatic carbocycles. The second-order valence-corrected chi connectivity index (χ2v) is 7.75. The number of thioether (sulfide) groups is 2. The Morgan fingerprint density at radius 3 is 2.71 bits per heavy atom. The number of amides is 1. The highest BCUT2D eigenvalue weighted by Crippen LogP contribution is 2.22. The summed E-state index contributed by atoms with van der Waals surface area (Å²) >= 11 is 2.26. The van der Waals surface area contributed by atoms with E-state index in [4.69, 9.17) is 14.9 Å². The molecule has 2 aromatic heterocycles. The number of hydrogen-bond donors (Lipinski definition) is 3. The van der Waals surface area contributed by atoms with Gasteiger partial charge in [-0.15, -0.1) is 10.2 Å². The van der Waals surface area contributed by atoms with Crippen LogP contribution in [0.1, 0.15) is 23.2 Å². The Morgan fingerprint density at radius 1 is 1.23 bits per heavy atom. The van der Waals surface area contributed by atoms with Gasteiger partial charge in [-0.25, -0.2) is 9.78 Å². The molecule has 0 saturated carbocycles. The minimum absolute atomic E-state index is 0.0541. The number of nitrogens with one attached hydrogen (secondary N) is 2. The van der Waals surface area contributed by atoms with Gasteiger partial charge in [-0.05, 0) is 31.2 Å². The number of esters is 1. The van der Waals surface area contributed by atoms with Crippen LogP contribution in [0.25, 0.3) is 0 Å². The Balaban J connectivity index is 1.46. The van der Waals surface area contributed by atoms with Crippen molar-refractivity contribution in [3.63, 3.8) is 0 Å². The van der Waals surface area contributed by atoms with Gasteiger partial charge in [-0.3, -0.25) is 9.59 Å². The van der Waals surface area contributed by atoms with Gasteiger partial charge in [0.25, 0.3) is 10.8 Å². The van der Waals surface area contributed by atoms with Crippen molar-refractivity contribution in [3.8, 4) is 0 Å². The van der Waals surface area contributed by atoms with E-state index in [1.807, 2.05) is 0 Å². The summed E-state index contributed by atoms with van der Waals surface area (Å²) in [5.74, 6) is 0.0723. The van der Waals surface area contributed by atoms with Crippen molar-refractivity contribution in [2.45, 2.75) is 23.1 Å². The van der Waals surface area contributed by atoms with Gasteiger partial charge in [0.15, 0.2) is 5.16 Å². The van der Waals surface area contributed by atoms with E-state index in [0.717, 1.165) is 11.8 Å². The zero-order valence-corrected chi connectivity index (χ0v) is 17.9. The summed E-state index contributed by atoms with van der Waals surface area (Å²) < 4.78 is 10.4. The fourth-order valence-electron chi connectivity index (χ4n) is 2.24. The van der Waals surface area contributed by atoms with Gasteiger partial charge in [-0.2, -0.15) is 0 Å². The smallest absolute Gasteiger partial charge is 0.338 e. The van der Waals surface area contributed by atoms with Gasteiger partial charge >= 0.3 is 5.97 Å². The van der Waals surface area contributed by atoms with E-state index in [1.54, 1.807) is 31.2 Å². The molecule has 0 unspecified atom stereocenters. The van der Waals surface area contributed by atoms with E-state index >= 15 is 0 Å². The number of anilines is 2. The first-order chi connectivity index (χ1) is 14.9. The van der Waals surface area contributed by atoms with Crippen LogP contribution in [0.15, 0.2) is 49.9 Å². The molecule has 0 aliphatic heterocycles. The molecule has 3 aromatic rings. The third kappa shape index (κ3) is 6.86. The lowest BCUT2D eigenvalue weighted by Gasteiger charge is -2.05. The third-order valence-electron chi connectivity index (χ3n) is 3.53. The van der Waals surface area contributed by atoms with Crippen LogP contribution in [0, 0.1) is 0 Å². The molecule has 0 fully saturated rings. The Morgan fingerprint density at radius 2 is 2.00 bits per heavy atom. The Kier molecular flexibility index (Phi) is 7.67. The molecule has 0 saturated heterocycles. The predicted molar refractivity (Wildman–Crippen MR) is 115 cm³/mol. The van der Waals surface area contributed by atoms with Crippen molar-refractivity contribution in [1.82, 2.24) is 20.2 Å². The molecule has 0 spiro atoms. The van der Waals surface area contributed by atoms with Crippen molar-refractivity contribution < 1.29 is 18.7 Å². The molecule has 0 radical (unpaired) electrons.